The lowest BCUT2D eigenvalue weighted by molar-refractivity contribution is -0.111. The molecule has 0 aliphatic carbocycles. The Morgan fingerprint density at radius 3 is 3.00 bits per heavy atom. The predicted octanol–water partition coefficient (Wildman–Crippen LogP) is 3.59. The lowest BCUT2D eigenvalue weighted by atomic mass is 10.2. The summed E-state index contributed by atoms with van der Waals surface area (Å²) >= 11 is 7.12. The van der Waals surface area contributed by atoms with Crippen LogP contribution in [0.25, 0.3) is 6.08 Å². The molecule has 0 atom stereocenters. The smallest absolute Gasteiger partial charge is 0.250 e. The van der Waals surface area contributed by atoms with Gasteiger partial charge in [0.15, 0.2) is 5.13 Å². The minimum Gasteiger partial charge on any atom is -0.298 e. The Kier molecular flexibility index (Phi) is 4.07. The molecule has 6 heteroatoms. The Labute approximate surface area is 112 Å². The summed E-state index contributed by atoms with van der Waals surface area (Å²) in [5.74, 6) is -0.856. The topological polar surface area (TPSA) is 42.0 Å². The van der Waals surface area contributed by atoms with Crippen molar-refractivity contribution in [3.63, 3.8) is 0 Å². The number of hydrogen-bond donors (Lipinski definition) is 1. The second kappa shape index (κ2) is 5.75. The highest BCUT2D eigenvalue weighted by molar-refractivity contribution is 7.13. The number of carbonyl (C=O) groups excluding carboxylic acids is 1. The van der Waals surface area contributed by atoms with E-state index in [1.165, 1.54) is 35.6 Å². The van der Waals surface area contributed by atoms with E-state index in [-0.39, 0.29) is 16.5 Å². The van der Waals surface area contributed by atoms with E-state index in [0.29, 0.717) is 5.13 Å². The van der Waals surface area contributed by atoms with Gasteiger partial charge in [0.25, 0.3) is 0 Å². The van der Waals surface area contributed by atoms with E-state index in [4.69, 9.17) is 11.6 Å². The second-order valence-electron chi connectivity index (χ2n) is 3.30. The van der Waals surface area contributed by atoms with E-state index in [1.54, 1.807) is 17.6 Å². The van der Waals surface area contributed by atoms with Gasteiger partial charge < -0.3 is 0 Å². The molecule has 1 amide bonds. The zero-order valence-corrected chi connectivity index (χ0v) is 10.6. The molecule has 0 saturated heterocycles. The molecule has 1 aromatic carbocycles. The number of benzene rings is 1. The zero-order chi connectivity index (χ0) is 13.0. The van der Waals surface area contributed by atoms with Crippen molar-refractivity contribution in [2.75, 3.05) is 5.32 Å². The van der Waals surface area contributed by atoms with Gasteiger partial charge in [0.2, 0.25) is 5.91 Å². The highest BCUT2D eigenvalue weighted by Crippen LogP contribution is 2.20. The van der Waals surface area contributed by atoms with Crippen molar-refractivity contribution >= 4 is 40.1 Å². The van der Waals surface area contributed by atoms with Crippen LogP contribution < -0.4 is 5.32 Å². The average Bonchev–Trinajstić information content (AvgIpc) is 2.81. The lowest BCUT2D eigenvalue weighted by Crippen LogP contribution is -2.07. The van der Waals surface area contributed by atoms with Gasteiger partial charge in [0.05, 0.1) is 5.02 Å². The summed E-state index contributed by atoms with van der Waals surface area (Å²) in [5.41, 5.74) is 0.188. The first kappa shape index (κ1) is 12.7. The number of anilines is 1. The fourth-order valence-corrected chi connectivity index (χ4v) is 2.02. The average molecular weight is 283 g/mol. The number of hydrogen-bond acceptors (Lipinski definition) is 3. The van der Waals surface area contributed by atoms with Crippen LogP contribution >= 0.6 is 22.9 Å². The van der Waals surface area contributed by atoms with E-state index < -0.39 is 5.82 Å². The van der Waals surface area contributed by atoms with Crippen molar-refractivity contribution in [2.45, 2.75) is 0 Å². The summed E-state index contributed by atoms with van der Waals surface area (Å²) < 4.78 is 13.4. The minimum absolute atomic E-state index is 0.188. The number of thiazole rings is 1. The molecular formula is C12H8ClFN2OS. The Bertz CT molecular complexity index is 564. The van der Waals surface area contributed by atoms with Gasteiger partial charge in [-0.05, 0) is 18.2 Å². The van der Waals surface area contributed by atoms with E-state index in [2.05, 4.69) is 10.3 Å². The molecule has 0 aliphatic heterocycles. The molecule has 0 fully saturated rings. The van der Waals surface area contributed by atoms with Crippen molar-refractivity contribution < 1.29 is 9.18 Å². The number of nitrogens with one attached hydrogen (secondary N) is 1. The zero-order valence-electron chi connectivity index (χ0n) is 9.06. The number of rotatable bonds is 3. The maximum absolute atomic E-state index is 13.4. The Morgan fingerprint density at radius 2 is 2.33 bits per heavy atom. The number of carbonyl (C=O) groups is 1. The van der Waals surface area contributed by atoms with Crippen LogP contribution in [0.15, 0.2) is 35.9 Å². The molecule has 2 aromatic rings. The molecule has 92 valence electrons. The van der Waals surface area contributed by atoms with Crippen molar-refractivity contribution in [3.05, 3.63) is 52.3 Å². The largest absolute Gasteiger partial charge is 0.298 e. The third-order valence-corrected chi connectivity index (χ3v) is 3.08. The van der Waals surface area contributed by atoms with Crippen molar-refractivity contribution in [1.29, 1.82) is 0 Å². The molecule has 0 aliphatic rings. The molecule has 0 radical (unpaired) electrons. The van der Waals surface area contributed by atoms with Crippen molar-refractivity contribution in [1.82, 2.24) is 4.98 Å². The molecule has 1 heterocycles. The number of halogens is 2. The van der Waals surface area contributed by atoms with E-state index >= 15 is 0 Å². The van der Waals surface area contributed by atoms with Gasteiger partial charge in [-0.1, -0.05) is 17.7 Å². The van der Waals surface area contributed by atoms with E-state index in [0.717, 1.165) is 0 Å². The molecule has 1 N–H and O–H groups in total. The van der Waals surface area contributed by atoms with Crippen LogP contribution in [0.2, 0.25) is 5.02 Å². The number of nitrogens with zero attached hydrogens (tertiary/aromatic N) is 1. The third kappa shape index (κ3) is 3.15. The van der Waals surface area contributed by atoms with Crippen LogP contribution in [0, 0.1) is 5.82 Å². The SMILES string of the molecule is O=C(/C=C/c1c(F)cccc1Cl)Nc1nccs1. The van der Waals surface area contributed by atoms with Gasteiger partial charge in [0, 0.05) is 23.2 Å². The summed E-state index contributed by atoms with van der Waals surface area (Å²) in [6.07, 6.45) is 4.13. The van der Waals surface area contributed by atoms with Crippen LogP contribution in [-0.2, 0) is 4.79 Å². The Balaban J connectivity index is 2.09. The summed E-state index contributed by atoms with van der Waals surface area (Å²) in [5, 5.41) is 5.04. The second-order valence-corrected chi connectivity index (χ2v) is 4.60. The molecule has 2 rings (SSSR count). The number of aromatic nitrogens is 1. The van der Waals surface area contributed by atoms with Crippen LogP contribution in [-0.4, -0.2) is 10.9 Å². The fourth-order valence-electron chi connectivity index (χ4n) is 1.26. The van der Waals surface area contributed by atoms with Crippen LogP contribution in [0.5, 0.6) is 0 Å². The van der Waals surface area contributed by atoms with Gasteiger partial charge in [-0.25, -0.2) is 9.37 Å². The lowest BCUT2D eigenvalue weighted by Gasteiger charge is -1.99. The van der Waals surface area contributed by atoms with Crippen LogP contribution in [0.3, 0.4) is 0 Å². The normalized spacial score (nSPS) is 10.8. The highest BCUT2D eigenvalue weighted by Gasteiger charge is 2.04. The monoisotopic (exact) mass is 282 g/mol. The van der Waals surface area contributed by atoms with Gasteiger partial charge in [-0.3, -0.25) is 10.1 Å². The standard InChI is InChI=1S/C12H8ClFN2OS/c13-9-2-1-3-10(14)8(9)4-5-11(17)16-12-15-6-7-18-12/h1-7H,(H,15,16,17)/b5-4+. The van der Waals surface area contributed by atoms with Crippen LogP contribution in [0.4, 0.5) is 9.52 Å². The minimum atomic E-state index is -0.471. The van der Waals surface area contributed by atoms with Gasteiger partial charge in [0.1, 0.15) is 5.82 Å². The maximum Gasteiger partial charge on any atom is 0.250 e. The quantitative estimate of drug-likeness (QED) is 0.874. The van der Waals surface area contributed by atoms with Crippen LogP contribution in [0.1, 0.15) is 5.56 Å². The van der Waals surface area contributed by atoms with Crippen molar-refractivity contribution in [2.24, 2.45) is 0 Å². The summed E-state index contributed by atoms with van der Waals surface area (Å²) in [6, 6.07) is 4.35. The number of amides is 1. The first-order valence-electron chi connectivity index (χ1n) is 4.99. The molecule has 0 unspecified atom stereocenters. The van der Waals surface area contributed by atoms with E-state index in [9.17, 15) is 9.18 Å². The summed E-state index contributed by atoms with van der Waals surface area (Å²) in [7, 11) is 0. The maximum atomic E-state index is 13.4. The Hall–Kier alpha value is -1.72. The molecule has 18 heavy (non-hydrogen) atoms. The fraction of sp³-hybridized carbons (Fsp3) is 0. The summed E-state index contributed by atoms with van der Waals surface area (Å²) in [6.45, 7) is 0. The highest BCUT2D eigenvalue weighted by atomic mass is 35.5. The summed E-state index contributed by atoms with van der Waals surface area (Å²) in [4.78, 5) is 15.4. The van der Waals surface area contributed by atoms with Gasteiger partial charge in [-0.15, -0.1) is 11.3 Å². The van der Waals surface area contributed by atoms with Crippen molar-refractivity contribution in [3.8, 4) is 0 Å². The van der Waals surface area contributed by atoms with Gasteiger partial charge >= 0.3 is 0 Å². The molecular weight excluding hydrogens is 275 g/mol. The molecule has 0 spiro atoms. The van der Waals surface area contributed by atoms with Gasteiger partial charge in [-0.2, -0.15) is 0 Å². The molecule has 1 aromatic heterocycles. The first-order chi connectivity index (χ1) is 8.66. The third-order valence-electron chi connectivity index (χ3n) is 2.06. The predicted molar refractivity (Wildman–Crippen MR) is 71.2 cm³/mol. The van der Waals surface area contributed by atoms with E-state index in [1.807, 2.05) is 0 Å². The first-order valence-corrected chi connectivity index (χ1v) is 6.25. The molecule has 3 nitrogen and oxygen atoms in total. The Morgan fingerprint density at radius 1 is 1.50 bits per heavy atom. The molecule has 0 bridgehead atoms. The molecule has 0 saturated carbocycles.